The van der Waals surface area contributed by atoms with Gasteiger partial charge in [-0.25, -0.2) is 0 Å². The monoisotopic (exact) mass is 308 g/mol. The number of nitrogens with zero attached hydrogens (tertiary/aromatic N) is 2. The number of likely N-dealkylation sites (N-methyl/N-ethyl adjacent to an activating group) is 1. The first-order chi connectivity index (χ1) is 10.1. The van der Waals surface area contributed by atoms with Gasteiger partial charge in [-0.15, -0.1) is 11.8 Å². The van der Waals surface area contributed by atoms with Gasteiger partial charge < -0.3 is 10.0 Å². The highest BCUT2D eigenvalue weighted by atomic mass is 32.2. The molecule has 1 heterocycles. The number of para-hydroxylation sites is 1. The van der Waals surface area contributed by atoms with Crippen molar-refractivity contribution in [2.45, 2.75) is 18.2 Å². The maximum absolute atomic E-state index is 12.5. The Morgan fingerprint density at radius 3 is 2.86 bits per heavy atom. The van der Waals surface area contributed by atoms with E-state index in [0.717, 1.165) is 16.3 Å². The molecule has 0 unspecified atom stereocenters. The third-order valence-electron chi connectivity index (χ3n) is 3.48. The summed E-state index contributed by atoms with van der Waals surface area (Å²) in [4.78, 5) is 28.0. The number of thioether (sulfide) groups is 1. The number of hydrogen-bond acceptors (Lipinski definition) is 4. The van der Waals surface area contributed by atoms with Gasteiger partial charge in [-0.05, 0) is 18.7 Å². The van der Waals surface area contributed by atoms with Crippen LogP contribution in [0.2, 0.25) is 0 Å². The molecule has 6 heteroatoms. The summed E-state index contributed by atoms with van der Waals surface area (Å²) >= 11 is 1.76. The van der Waals surface area contributed by atoms with Crippen LogP contribution in [0.5, 0.6) is 0 Å². The van der Waals surface area contributed by atoms with Crippen molar-refractivity contribution >= 4 is 29.3 Å². The quantitative estimate of drug-likeness (QED) is 0.870. The van der Waals surface area contributed by atoms with Crippen molar-refractivity contribution < 1.29 is 14.7 Å². The highest BCUT2D eigenvalue weighted by Gasteiger charge is 2.23. The summed E-state index contributed by atoms with van der Waals surface area (Å²) in [5.74, 6) is 0.0971. The number of carbonyl (C=O) groups excluding carboxylic acids is 1. The first-order valence-corrected chi connectivity index (χ1v) is 8.06. The molecule has 0 aromatic heterocycles. The largest absolute Gasteiger partial charge is 0.481 e. The third-order valence-corrected chi connectivity index (χ3v) is 4.52. The highest BCUT2D eigenvalue weighted by molar-refractivity contribution is 7.99. The highest BCUT2D eigenvalue weighted by Crippen LogP contribution is 2.34. The summed E-state index contributed by atoms with van der Waals surface area (Å²) in [5.41, 5.74) is 0.966. The van der Waals surface area contributed by atoms with Gasteiger partial charge in [0.25, 0.3) is 0 Å². The second kappa shape index (κ2) is 7.47. The molecule has 1 aromatic rings. The second-order valence-corrected chi connectivity index (χ2v) is 6.01. The van der Waals surface area contributed by atoms with Gasteiger partial charge in [-0.3, -0.25) is 14.5 Å². The van der Waals surface area contributed by atoms with E-state index < -0.39 is 5.97 Å². The van der Waals surface area contributed by atoms with Crippen LogP contribution in [0.15, 0.2) is 29.2 Å². The Kier molecular flexibility index (Phi) is 5.64. The van der Waals surface area contributed by atoms with Gasteiger partial charge >= 0.3 is 5.97 Å². The molecule has 0 radical (unpaired) electrons. The zero-order valence-electron chi connectivity index (χ0n) is 12.1. The zero-order valence-corrected chi connectivity index (χ0v) is 12.9. The molecule has 114 valence electrons. The van der Waals surface area contributed by atoms with Crippen LogP contribution < -0.4 is 4.90 Å². The molecule has 1 aromatic carbocycles. The first kappa shape index (κ1) is 15.9. The van der Waals surface area contributed by atoms with E-state index in [2.05, 4.69) is 0 Å². The minimum absolute atomic E-state index is 0.0370. The number of carboxylic acid groups (broad SMARTS) is 1. The number of carbonyl (C=O) groups is 2. The van der Waals surface area contributed by atoms with Gasteiger partial charge in [0, 0.05) is 23.7 Å². The van der Waals surface area contributed by atoms with Crippen LogP contribution >= 0.6 is 11.8 Å². The van der Waals surface area contributed by atoms with Crippen LogP contribution in [-0.4, -0.2) is 53.8 Å². The average molecular weight is 308 g/mol. The summed E-state index contributed by atoms with van der Waals surface area (Å²) in [6, 6.07) is 7.91. The lowest BCUT2D eigenvalue weighted by molar-refractivity contribution is -0.137. The number of fused-ring (bicyclic) bond motifs is 1. The summed E-state index contributed by atoms with van der Waals surface area (Å²) in [6.07, 6.45) is 0.0631. The van der Waals surface area contributed by atoms with Crippen LogP contribution in [0.3, 0.4) is 0 Å². The Hall–Kier alpha value is -1.53. The number of carboxylic acids is 1. The molecule has 21 heavy (non-hydrogen) atoms. The van der Waals surface area contributed by atoms with E-state index in [1.165, 1.54) is 0 Å². The number of anilines is 1. The van der Waals surface area contributed by atoms with Crippen LogP contribution in [0.1, 0.15) is 13.3 Å². The van der Waals surface area contributed by atoms with Gasteiger partial charge in [0.1, 0.15) is 0 Å². The van der Waals surface area contributed by atoms with Crippen molar-refractivity contribution in [3.05, 3.63) is 24.3 Å². The molecule has 0 saturated heterocycles. The predicted molar refractivity (Wildman–Crippen MR) is 83.9 cm³/mol. The number of amides is 1. The lowest BCUT2D eigenvalue weighted by atomic mass is 10.2. The Morgan fingerprint density at radius 1 is 1.38 bits per heavy atom. The smallest absolute Gasteiger partial charge is 0.304 e. The van der Waals surface area contributed by atoms with Gasteiger partial charge in [0.05, 0.1) is 18.7 Å². The minimum atomic E-state index is -0.833. The Labute approximate surface area is 128 Å². The molecule has 1 aliphatic heterocycles. The van der Waals surface area contributed by atoms with Crippen molar-refractivity contribution in [1.82, 2.24) is 4.90 Å². The molecule has 0 fully saturated rings. The van der Waals surface area contributed by atoms with E-state index in [4.69, 9.17) is 5.11 Å². The third kappa shape index (κ3) is 4.22. The van der Waals surface area contributed by atoms with E-state index in [1.54, 1.807) is 11.8 Å². The van der Waals surface area contributed by atoms with Crippen LogP contribution in [0.25, 0.3) is 0 Å². The molecule has 0 atom stereocenters. The minimum Gasteiger partial charge on any atom is -0.481 e. The Balaban J connectivity index is 2.01. The van der Waals surface area contributed by atoms with Crippen LogP contribution in [0, 0.1) is 0 Å². The molecule has 1 aliphatic rings. The summed E-state index contributed by atoms with van der Waals surface area (Å²) < 4.78 is 0. The van der Waals surface area contributed by atoms with Crippen molar-refractivity contribution in [3.8, 4) is 0 Å². The Bertz CT molecular complexity index is 521. The first-order valence-electron chi connectivity index (χ1n) is 7.08. The van der Waals surface area contributed by atoms with E-state index in [-0.39, 0.29) is 18.9 Å². The normalized spacial score (nSPS) is 14.1. The summed E-state index contributed by atoms with van der Waals surface area (Å²) in [7, 11) is 0. The van der Waals surface area contributed by atoms with Gasteiger partial charge in [-0.2, -0.15) is 0 Å². The topological polar surface area (TPSA) is 60.9 Å². The fourth-order valence-electron chi connectivity index (χ4n) is 2.31. The van der Waals surface area contributed by atoms with Crippen molar-refractivity contribution in [2.24, 2.45) is 0 Å². The van der Waals surface area contributed by atoms with E-state index in [1.807, 2.05) is 41.0 Å². The molecular weight excluding hydrogens is 288 g/mol. The fraction of sp³-hybridized carbons (Fsp3) is 0.467. The number of benzene rings is 1. The standard InChI is InChI=1S/C15H20N2O3S/c1-2-16(8-7-15(19)20)11-14(18)17-9-10-21-13-6-4-3-5-12(13)17/h3-6H,2,7-11H2,1H3,(H,19,20). The SMILES string of the molecule is CCN(CCC(=O)O)CC(=O)N1CCSc2ccccc21. The van der Waals surface area contributed by atoms with Crippen molar-refractivity contribution in [2.75, 3.05) is 36.8 Å². The predicted octanol–water partition coefficient (Wildman–Crippen LogP) is 1.92. The number of hydrogen-bond donors (Lipinski definition) is 1. The maximum Gasteiger partial charge on any atom is 0.304 e. The van der Waals surface area contributed by atoms with Crippen LogP contribution in [0.4, 0.5) is 5.69 Å². The number of aliphatic carboxylic acids is 1. The maximum atomic E-state index is 12.5. The molecule has 1 amide bonds. The molecule has 5 nitrogen and oxygen atoms in total. The molecular formula is C15H20N2O3S. The van der Waals surface area contributed by atoms with Crippen molar-refractivity contribution in [1.29, 1.82) is 0 Å². The lowest BCUT2D eigenvalue weighted by Crippen LogP contribution is -2.43. The summed E-state index contributed by atoms with van der Waals surface area (Å²) in [5, 5.41) is 8.75. The molecule has 0 aliphatic carbocycles. The molecule has 1 N–H and O–H groups in total. The van der Waals surface area contributed by atoms with Gasteiger partial charge in [0.15, 0.2) is 0 Å². The van der Waals surface area contributed by atoms with Gasteiger partial charge in [0.2, 0.25) is 5.91 Å². The van der Waals surface area contributed by atoms with E-state index >= 15 is 0 Å². The van der Waals surface area contributed by atoms with Gasteiger partial charge in [-0.1, -0.05) is 19.1 Å². The van der Waals surface area contributed by atoms with E-state index in [9.17, 15) is 9.59 Å². The lowest BCUT2D eigenvalue weighted by Gasteiger charge is -2.31. The molecule has 2 rings (SSSR count). The second-order valence-electron chi connectivity index (χ2n) is 4.87. The Morgan fingerprint density at radius 2 is 2.14 bits per heavy atom. The fourth-order valence-corrected chi connectivity index (χ4v) is 3.30. The summed E-state index contributed by atoms with van der Waals surface area (Å²) in [6.45, 7) is 3.99. The average Bonchev–Trinajstić information content (AvgIpc) is 2.50. The molecule has 0 saturated carbocycles. The number of rotatable bonds is 6. The van der Waals surface area contributed by atoms with Crippen LogP contribution in [-0.2, 0) is 9.59 Å². The molecule has 0 spiro atoms. The van der Waals surface area contributed by atoms with E-state index in [0.29, 0.717) is 19.6 Å². The van der Waals surface area contributed by atoms with Crippen molar-refractivity contribution in [3.63, 3.8) is 0 Å². The molecule has 0 bridgehead atoms. The zero-order chi connectivity index (χ0) is 15.2.